The number of hydrogen-bond acceptors (Lipinski definition) is 4. The molecule has 0 atom stereocenters. The van der Waals surface area contributed by atoms with E-state index in [4.69, 9.17) is 10.00 Å². The lowest BCUT2D eigenvalue weighted by atomic mass is 10.4. The molecule has 4 heteroatoms. The lowest BCUT2D eigenvalue weighted by Crippen LogP contribution is -2.06. The van der Waals surface area contributed by atoms with Crippen molar-refractivity contribution in [1.29, 1.82) is 5.26 Å². The number of rotatable bonds is 7. The van der Waals surface area contributed by atoms with Gasteiger partial charge in [-0.2, -0.15) is 17.0 Å². The van der Waals surface area contributed by atoms with Crippen LogP contribution >= 0.6 is 11.8 Å². The summed E-state index contributed by atoms with van der Waals surface area (Å²) in [6, 6.07) is 2.07. The quantitative estimate of drug-likeness (QED) is 0.369. The summed E-state index contributed by atoms with van der Waals surface area (Å²) in [6.45, 7) is 5.54. The first-order valence-electron chi connectivity index (χ1n) is 4.45. The second kappa shape index (κ2) is 8.64. The highest BCUT2D eigenvalue weighted by Crippen LogP contribution is 2.04. The molecule has 0 saturated carbocycles. The van der Waals surface area contributed by atoms with Crippen LogP contribution < -0.4 is 0 Å². The summed E-state index contributed by atoms with van der Waals surface area (Å²) in [7, 11) is 0. The Kier molecular flexibility index (Phi) is 8.05. The van der Waals surface area contributed by atoms with Crippen molar-refractivity contribution in [3.05, 3.63) is 12.2 Å². The topological polar surface area (TPSA) is 50.1 Å². The van der Waals surface area contributed by atoms with Gasteiger partial charge in [0.2, 0.25) is 0 Å². The molecule has 0 aliphatic heterocycles. The van der Waals surface area contributed by atoms with Crippen molar-refractivity contribution in [2.24, 2.45) is 0 Å². The van der Waals surface area contributed by atoms with Crippen LogP contribution in [0.25, 0.3) is 0 Å². The van der Waals surface area contributed by atoms with Gasteiger partial charge < -0.3 is 4.74 Å². The lowest BCUT2D eigenvalue weighted by molar-refractivity contribution is -0.138. The van der Waals surface area contributed by atoms with Crippen LogP contribution in [-0.2, 0) is 9.53 Å². The molecule has 0 aromatic rings. The van der Waals surface area contributed by atoms with Gasteiger partial charge in [0, 0.05) is 17.7 Å². The van der Waals surface area contributed by atoms with Gasteiger partial charge in [-0.25, -0.2) is 4.79 Å². The molecule has 0 aliphatic rings. The first-order valence-corrected chi connectivity index (χ1v) is 5.61. The molecule has 0 bridgehead atoms. The van der Waals surface area contributed by atoms with Crippen LogP contribution in [-0.4, -0.2) is 24.1 Å². The zero-order valence-corrected chi connectivity index (χ0v) is 9.23. The van der Waals surface area contributed by atoms with Crippen molar-refractivity contribution in [3.8, 4) is 6.07 Å². The Hall–Kier alpha value is -0.950. The number of esters is 1. The molecule has 78 valence electrons. The van der Waals surface area contributed by atoms with Crippen molar-refractivity contribution in [2.75, 3.05) is 18.1 Å². The molecule has 0 aliphatic carbocycles. The van der Waals surface area contributed by atoms with Crippen LogP contribution in [0.5, 0.6) is 0 Å². The molecule has 0 rings (SSSR count). The summed E-state index contributed by atoms with van der Waals surface area (Å²) in [6.07, 6.45) is 1.41. The Labute approximate surface area is 89.1 Å². The van der Waals surface area contributed by atoms with E-state index < -0.39 is 0 Å². The van der Waals surface area contributed by atoms with E-state index >= 15 is 0 Å². The minimum Gasteiger partial charge on any atom is -0.462 e. The number of ether oxygens (including phenoxy) is 1. The van der Waals surface area contributed by atoms with E-state index in [2.05, 4.69) is 12.6 Å². The van der Waals surface area contributed by atoms with Crippen LogP contribution in [0.1, 0.15) is 19.8 Å². The number of carbonyl (C=O) groups is 1. The minimum atomic E-state index is -0.327. The highest BCUT2D eigenvalue weighted by atomic mass is 32.2. The first kappa shape index (κ1) is 13.1. The fourth-order valence-corrected chi connectivity index (χ4v) is 1.43. The molecule has 0 heterocycles. The van der Waals surface area contributed by atoms with E-state index in [1.165, 1.54) is 0 Å². The fraction of sp³-hybridized carbons (Fsp3) is 0.600. The number of thioether (sulfide) groups is 1. The van der Waals surface area contributed by atoms with Crippen LogP contribution in [0.2, 0.25) is 0 Å². The Bertz CT molecular complexity index is 233. The highest BCUT2D eigenvalue weighted by molar-refractivity contribution is 7.99. The normalized spacial score (nSPS) is 9.14. The van der Waals surface area contributed by atoms with E-state index in [1.54, 1.807) is 18.7 Å². The summed E-state index contributed by atoms with van der Waals surface area (Å²) in [5.74, 6) is 1.45. The average Bonchev–Trinajstić information content (AvgIpc) is 2.16. The Morgan fingerprint density at radius 3 is 2.86 bits per heavy atom. The standard InChI is InChI=1S/C10H15NO2S/c1-9(2)10(12)13-6-4-8-14-7-3-5-11/h1,3-4,6-8H2,2H3. The first-order chi connectivity index (χ1) is 6.68. The van der Waals surface area contributed by atoms with Crippen molar-refractivity contribution in [3.63, 3.8) is 0 Å². The number of nitrogens with zero attached hydrogens (tertiary/aromatic N) is 1. The Balaban J connectivity index is 3.18. The molecule has 0 spiro atoms. The van der Waals surface area contributed by atoms with Crippen LogP contribution in [0.3, 0.4) is 0 Å². The molecule has 0 N–H and O–H groups in total. The largest absolute Gasteiger partial charge is 0.462 e. The van der Waals surface area contributed by atoms with Crippen molar-refractivity contribution in [1.82, 2.24) is 0 Å². The molecule has 0 saturated heterocycles. The maximum absolute atomic E-state index is 10.9. The van der Waals surface area contributed by atoms with Gasteiger partial charge in [-0.15, -0.1) is 0 Å². The third kappa shape index (κ3) is 7.69. The summed E-state index contributed by atoms with van der Waals surface area (Å²) < 4.78 is 4.89. The SMILES string of the molecule is C=C(C)C(=O)OCCCSCCC#N. The van der Waals surface area contributed by atoms with Gasteiger partial charge in [0.25, 0.3) is 0 Å². The van der Waals surface area contributed by atoms with E-state index in [1.807, 2.05) is 0 Å². The van der Waals surface area contributed by atoms with Crippen molar-refractivity contribution in [2.45, 2.75) is 19.8 Å². The van der Waals surface area contributed by atoms with Gasteiger partial charge in [-0.3, -0.25) is 0 Å². The second-order valence-corrected chi connectivity index (χ2v) is 4.02. The minimum absolute atomic E-state index is 0.327. The third-order valence-electron chi connectivity index (χ3n) is 1.37. The zero-order valence-electron chi connectivity index (χ0n) is 8.41. The molecule has 0 fully saturated rings. The van der Waals surface area contributed by atoms with Gasteiger partial charge in [-0.05, 0) is 19.1 Å². The van der Waals surface area contributed by atoms with Crippen LogP contribution in [0.4, 0.5) is 0 Å². The third-order valence-corrected chi connectivity index (χ3v) is 2.44. The molecule has 0 unspecified atom stereocenters. The fourth-order valence-electron chi connectivity index (χ4n) is 0.669. The molecular formula is C10H15NO2S. The number of hydrogen-bond donors (Lipinski definition) is 0. The molecule has 0 amide bonds. The second-order valence-electron chi connectivity index (χ2n) is 2.79. The van der Waals surface area contributed by atoms with E-state index in [0.717, 1.165) is 17.9 Å². The summed E-state index contributed by atoms with van der Waals surface area (Å²) >= 11 is 1.70. The highest BCUT2D eigenvalue weighted by Gasteiger charge is 2.01. The molecule has 14 heavy (non-hydrogen) atoms. The van der Waals surface area contributed by atoms with E-state index in [0.29, 0.717) is 18.6 Å². The van der Waals surface area contributed by atoms with Crippen molar-refractivity contribution < 1.29 is 9.53 Å². The predicted octanol–water partition coefficient (Wildman–Crippen LogP) is 2.14. The van der Waals surface area contributed by atoms with E-state index in [-0.39, 0.29) is 5.97 Å². The zero-order chi connectivity index (χ0) is 10.8. The molecular weight excluding hydrogens is 198 g/mol. The molecule has 0 radical (unpaired) electrons. The summed E-state index contributed by atoms with van der Waals surface area (Å²) in [5, 5.41) is 8.26. The number of carbonyl (C=O) groups excluding carboxylic acids is 1. The van der Waals surface area contributed by atoms with Crippen LogP contribution in [0.15, 0.2) is 12.2 Å². The molecule has 3 nitrogen and oxygen atoms in total. The predicted molar refractivity (Wildman–Crippen MR) is 57.9 cm³/mol. The maximum atomic E-state index is 10.9. The van der Waals surface area contributed by atoms with Gasteiger partial charge in [-0.1, -0.05) is 6.58 Å². The average molecular weight is 213 g/mol. The van der Waals surface area contributed by atoms with Gasteiger partial charge in [0.1, 0.15) is 0 Å². The van der Waals surface area contributed by atoms with Gasteiger partial charge >= 0.3 is 5.97 Å². The maximum Gasteiger partial charge on any atom is 0.333 e. The lowest BCUT2D eigenvalue weighted by Gasteiger charge is -2.03. The molecule has 0 aromatic heterocycles. The summed E-state index contributed by atoms with van der Waals surface area (Å²) in [5.41, 5.74) is 0.433. The van der Waals surface area contributed by atoms with Crippen LogP contribution in [0, 0.1) is 11.3 Å². The Morgan fingerprint density at radius 2 is 2.29 bits per heavy atom. The van der Waals surface area contributed by atoms with Crippen molar-refractivity contribution >= 4 is 17.7 Å². The molecule has 0 aromatic carbocycles. The summed E-state index contributed by atoms with van der Waals surface area (Å²) in [4.78, 5) is 10.9. The monoisotopic (exact) mass is 213 g/mol. The van der Waals surface area contributed by atoms with E-state index in [9.17, 15) is 4.79 Å². The van der Waals surface area contributed by atoms with Gasteiger partial charge in [0.15, 0.2) is 0 Å². The van der Waals surface area contributed by atoms with Gasteiger partial charge in [0.05, 0.1) is 12.7 Å². The number of nitriles is 1. The smallest absolute Gasteiger partial charge is 0.333 e. The Morgan fingerprint density at radius 1 is 1.57 bits per heavy atom.